The Morgan fingerprint density at radius 2 is 1.86 bits per heavy atom. The van der Waals surface area contributed by atoms with Crippen molar-refractivity contribution in [3.63, 3.8) is 0 Å². The van der Waals surface area contributed by atoms with Crippen molar-refractivity contribution in [1.82, 2.24) is 15.3 Å². The van der Waals surface area contributed by atoms with Crippen molar-refractivity contribution in [2.75, 3.05) is 19.8 Å². The molecular formula is C22H26FN3O3. The van der Waals surface area contributed by atoms with Gasteiger partial charge in [-0.15, -0.1) is 0 Å². The standard InChI is InChI=1S/C22H26FN3O3/c23-17-5-1-15(2-6-17)20-25-19-8-4-16(3-7-18(19)22(28)26-20)21(27)24-13-14-9-11-29-12-10-14/h1-2,5-6,14,16H,3-4,7-13H2,(H,24,27)(H,25,26,28). The second-order valence-electron chi connectivity index (χ2n) is 7.92. The van der Waals surface area contributed by atoms with Gasteiger partial charge in [-0.05, 0) is 68.7 Å². The summed E-state index contributed by atoms with van der Waals surface area (Å²) < 4.78 is 18.5. The number of ether oxygens (including phenoxy) is 1. The lowest BCUT2D eigenvalue weighted by Gasteiger charge is -2.23. The second-order valence-corrected chi connectivity index (χ2v) is 7.92. The Kier molecular flexibility index (Phi) is 6.04. The van der Waals surface area contributed by atoms with Crippen LogP contribution < -0.4 is 10.9 Å². The largest absolute Gasteiger partial charge is 0.381 e. The van der Waals surface area contributed by atoms with Crippen molar-refractivity contribution in [3.05, 3.63) is 51.7 Å². The van der Waals surface area contributed by atoms with E-state index in [1.807, 2.05) is 0 Å². The number of hydrogen-bond donors (Lipinski definition) is 2. The number of aromatic amines is 1. The Morgan fingerprint density at radius 3 is 2.62 bits per heavy atom. The minimum Gasteiger partial charge on any atom is -0.381 e. The molecule has 2 N–H and O–H groups in total. The molecule has 6 nitrogen and oxygen atoms in total. The fourth-order valence-corrected chi connectivity index (χ4v) is 4.13. The van der Waals surface area contributed by atoms with Crippen LogP contribution in [0.2, 0.25) is 0 Å². The molecule has 0 bridgehead atoms. The first kappa shape index (κ1) is 19.8. The SMILES string of the molecule is O=C(NCC1CCOCC1)C1CCc2nc(-c3ccc(F)cc3)[nH]c(=O)c2CC1. The molecule has 1 aromatic heterocycles. The summed E-state index contributed by atoms with van der Waals surface area (Å²) in [6.45, 7) is 2.23. The van der Waals surface area contributed by atoms with Crippen LogP contribution in [0.4, 0.5) is 4.39 Å². The zero-order valence-electron chi connectivity index (χ0n) is 16.4. The average Bonchev–Trinajstić information content (AvgIpc) is 2.96. The summed E-state index contributed by atoms with van der Waals surface area (Å²) in [6.07, 6.45) is 4.42. The summed E-state index contributed by atoms with van der Waals surface area (Å²) in [5.74, 6) is 0.548. The molecule has 29 heavy (non-hydrogen) atoms. The Labute approximate surface area is 168 Å². The monoisotopic (exact) mass is 399 g/mol. The molecule has 0 spiro atoms. The van der Waals surface area contributed by atoms with E-state index in [0.29, 0.717) is 55.1 Å². The highest BCUT2D eigenvalue weighted by Crippen LogP contribution is 2.24. The van der Waals surface area contributed by atoms with Gasteiger partial charge in [-0.2, -0.15) is 0 Å². The topological polar surface area (TPSA) is 84.1 Å². The third-order valence-electron chi connectivity index (χ3n) is 5.97. The number of benzene rings is 1. The van der Waals surface area contributed by atoms with Crippen molar-refractivity contribution >= 4 is 5.91 Å². The number of carbonyl (C=O) groups excluding carboxylic acids is 1. The fourth-order valence-electron chi connectivity index (χ4n) is 4.13. The molecule has 1 fully saturated rings. The number of aromatic nitrogens is 2. The molecule has 1 amide bonds. The maximum atomic E-state index is 13.2. The quantitative estimate of drug-likeness (QED) is 0.774. The van der Waals surface area contributed by atoms with E-state index in [9.17, 15) is 14.0 Å². The summed E-state index contributed by atoms with van der Waals surface area (Å²) in [5, 5.41) is 3.10. The van der Waals surface area contributed by atoms with Gasteiger partial charge in [0.2, 0.25) is 5.91 Å². The van der Waals surface area contributed by atoms with Crippen molar-refractivity contribution in [2.45, 2.75) is 38.5 Å². The van der Waals surface area contributed by atoms with E-state index in [4.69, 9.17) is 4.74 Å². The lowest BCUT2D eigenvalue weighted by molar-refractivity contribution is -0.125. The Balaban J connectivity index is 1.43. The van der Waals surface area contributed by atoms with Crippen LogP contribution in [0.15, 0.2) is 29.1 Å². The average molecular weight is 399 g/mol. The lowest BCUT2D eigenvalue weighted by Crippen LogP contribution is -2.36. The first-order chi connectivity index (χ1) is 14.1. The summed E-state index contributed by atoms with van der Waals surface area (Å²) in [7, 11) is 0. The van der Waals surface area contributed by atoms with Crippen molar-refractivity contribution in [1.29, 1.82) is 0 Å². The zero-order chi connectivity index (χ0) is 20.2. The van der Waals surface area contributed by atoms with Crippen LogP contribution >= 0.6 is 0 Å². The molecule has 4 rings (SSSR count). The Hall–Kier alpha value is -2.54. The van der Waals surface area contributed by atoms with E-state index in [-0.39, 0.29) is 23.2 Å². The number of aryl methyl sites for hydroxylation is 1. The molecular weight excluding hydrogens is 373 g/mol. The molecule has 2 heterocycles. The van der Waals surface area contributed by atoms with Crippen molar-refractivity contribution in [3.8, 4) is 11.4 Å². The first-order valence-corrected chi connectivity index (χ1v) is 10.3. The minimum absolute atomic E-state index is 0.0690. The predicted molar refractivity (Wildman–Crippen MR) is 107 cm³/mol. The highest BCUT2D eigenvalue weighted by Gasteiger charge is 2.26. The van der Waals surface area contributed by atoms with Crippen LogP contribution in [0.25, 0.3) is 11.4 Å². The molecule has 1 aromatic carbocycles. The van der Waals surface area contributed by atoms with Gasteiger partial charge in [0.05, 0.1) is 5.69 Å². The number of nitrogens with zero attached hydrogens (tertiary/aromatic N) is 1. The van der Waals surface area contributed by atoms with Gasteiger partial charge >= 0.3 is 0 Å². The molecule has 1 atom stereocenters. The van der Waals surface area contributed by atoms with Gasteiger partial charge in [0.1, 0.15) is 11.6 Å². The highest BCUT2D eigenvalue weighted by molar-refractivity contribution is 5.78. The number of halogens is 1. The van der Waals surface area contributed by atoms with Gasteiger partial charge in [-0.3, -0.25) is 9.59 Å². The minimum atomic E-state index is -0.333. The third-order valence-corrected chi connectivity index (χ3v) is 5.97. The van der Waals surface area contributed by atoms with Crippen molar-refractivity contribution < 1.29 is 13.9 Å². The van der Waals surface area contributed by atoms with E-state index in [2.05, 4.69) is 15.3 Å². The normalized spacial score (nSPS) is 20.0. The van der Waals surface area contributed by atoms with E-state index in [0.717, 1.165) is 31.7 Å². The van der Waals surface area contributed by atoms with Crippen LogP contribution in [0.3, 0.4) is 0 Å². The zero-order valence-corrected chi connectivity index (χ0v) is 16.4. The van der Waals surface area contributed by atoms with Gasteiger partial charge < -0.3 is 15.0 Å². The number of hydrogen-bond acceptors (Lipinski definition) is 4. The van der Waals surface area contributed by atoms with Crippen LogP contribution in [-0.2, 0) is 22.4 Å². The molecule has 2 aliphatic rings. The molecule has 1 aliphatic heterocycles. The number of H-pyrrole nitrogens is 1. The molecule has 0 saturated carbocycles. The summed E-state index contributed by atoms with van der Waals surface area (Å²) in [5.41, 5.74) is 1.90. The first-order valence-electron chi connectivity index (χ1n) is 10.3. The smallest absolute Gasteiger partial charge is 0.254 e. The van der Waals surface area contributed by atoms with Gasteiger partial charge in [0, 0.05) is 36.8 Å². The number of nitrogens with one attached hydrogen (secondary N) is 2. The molecule has 2 aromatic rings. The van der Waals surface area contributed by atoms with E-state index >= 15 is 0 Å². The van der Waals surface area contributed by atoms with Crippen LogP contribution in [0.5, 0.6) is 0 Å². The van der Waals surface area contributed by atoms with Crippen LogP contribution in [0, 0.1) is 17.7 Å². The number of fused-ring (bicyclic) bond motifs is 1. The molecule has 1 saturated heterocycles. The summed E-state index contributed by atoms with van der Waals surface area (Å²) in [6, 6.07) is 5.89. The van der Waals surface area contributed by atoms with Gasteiger partial charge in [0.15, 0.2) is 0 Å². The second kappa shape index (κ2) is 8.86. The maximum Gasteiger partial charge on any atom is 0.254 e. The molecule has 154 valence electrons. The van der Waals surface area contributed by atoms with Gasteiger partial charge in [-0.1, -0.05) is 0 Å². The lowest BCUT2D eigenvalue weighted by atomic mass is 9.97. The Bertz CT molecular complexity index is 920. The van der Waals surface area contributed by atoms with Crippen LogP contribution in [0.1, 0.15) is 36.9 Å². The predicted octanol–water partition coefficient (Wildman–Crippen LogP) is 2.61. The van der Waals surface area contributed by atoms with Crippen LogP contribution in [-0.4, -0.2) is 35.6 Å². The number of amides is 1. The van der Waals surface area contributed by atoms with E-state index < -0.39 is 0 Å². The van der Waals surface area contributed by atoms with Gasteiger partial charge in [-0.25, -0.2) is 9.37 Å². The van der Waals surface area contributed by atoms with E-state index in [1.165, 1.54) is 12.1 Å². The molecule has 7 heteroatoms. The van der Waals surface area contributed by atoms with Crippen molar-refractivity contribution in [2.24, 2.45) is 11.8 Å². The summed E-state index contributed by atoms with van der Waals surface area (Å²) >= 11 is 0. The third kappa shape index (κ3) is 4.72. The number of rotatable bonds is 4. The maximum absolute atomic E-state index is 13.2. The highest BCUT2D eigenvalue weighted by atomic mass is 19.1. The molecule has 0 radical (unpaired) electrons. The van der Waals surface area contributed by atoms with E-state index in [1.54, 1.807) is 12.1 Å². The molecule has 1 unspecified atom stereocenters. The Morgan fingerprint density at radius 1 is 1.14 bits per heavy atom. The molecule has 1 aliphatic carbocycles. The number of carbonyl (C=O) groups is 1. The summed E-state index contributed by atoms with van der Waals surface area (Å²) in [4.78, 5) is 32.7. The van der Waals surface area contributed by atoms with Gasteiger partial charge in [0.25, 0.3) is 5.56 Å². The fraction of sp³-hybridized carbons (Fsp3) is 0.500.